The fourth-order valence-electron chi connectivity index (χ4n) is 3.07. The van der Waals surface area contributed by atoms with E-state index >= 15 is 0 Å². The number of aromatic nitrogens is 3. The predicted octanol–water partition coefficient (Wildman–Crippen LogP) is 3.85. The number of halogens is 1. The number of amides is 1. The Labute approximate surface area is 177 Å². The Morgan fingerprint density at radius 3 is 2.53 bits per heavy atom. The van der Waals surface area contributed by atoms with Gasteiger partial charge < -0.3 is 14.6 Å². The number of fused-ring (bicyclic) bond motifs is 1. The molecular weight excluding hydrogens is 404 g/mol. The van der Waals surface area contributed by atoms with Crippen molar-refractivity contribution in [3.63, 3.8) is 0 Å². The molecule has 0 saturated heterocycles. The lowest BCUT2D eigenvalue weighted by Gasteiger charge is -2.07. The fraction of sp³-hybridized carbons (Fsp3) is 0.136. The number of carbonyl (C=O) groups is 1. The summed E-state index contributed by atoms with van der Waals surface area (Å²) >= 11 is 5.85. The maximum Gasteiger partial charge on any atom is 0.277 e. The molecule has 0 aliphatic rings. The van der Waals surface area contributed by atoms with Crippen molar-refractivity contribution in [3.05, 3.63) is 82.4 Å². The molecule has 0 spiro atoms. The highest BCUT2D eigenvalue weighted by Gasteiger charge is 2.12. The lowest BCUT2D eigenvalue weighted by Crippen LogP contribution is -2.28. The molecule has 152 valence electrons. The molecule has 8 heteroatoms. The van der Waals surface area contributed by atoms with Crippen LogP contribution in [0.15, 0.2) is 71.8 Å². The first kappa shape index (κ1) is 19.7. The molecule has 0 atom stereocenters. The number of hydrogen-bond donors (Lipinski definition) is 1. The average Bonchev–Trinajstić information content (AvgIpc) is 3.18. The smallest absolute Gasteiger partial charge is 0.277 e. The van der Waals surface area contributed by atoms with Gasteiger partial charge in [-0.1, -0.05) is 11.6 Å². The average molecular weight is 423 g/mol. The summed E-state index contributed by atoms with van der Waals surface area (Å²) < 4.78 is 8.32. The van der Waals surface area contributed by atoms with Crippen molar-refractivity contribution >= 4 is 28.7 Å². The molecule has 4 aromatic rings. The molecule has 0 unspecified atom stereocenters. The minimum atomic E-state index is -0.310. The van der Waals surface area contributed by atoms with Gasteiger partial charge in [-0.2, -0.15) is 5.10 Å². The summed E-state index contributed by atoms with van der Waals surface area (Å²) in [5.41, 5.74) is 2.24. The molecule has 7 nitrogen and oxygen atoms in total. The number of nitrogens with one attached hydrogen (secondary N) is 1. The summed E-state index contributed by atoms with van der Waals surface area (Å²) in [6, 6.07) is 16.0. The van der Waals surface area contributed by atoms with Gasteiger partial charge in [0.25, 0.3) is 5.56 Å². The summed E-state index contributed by atoms with van der Waals surface area (Å²) in [4.78, 5) is 25.2. The third kappa shape index (κ3) is 4.21. The van der Waals surface area contributed by atoms with Crippen LogP contribution < -0.4 is 15.6 Å². The molecule has 2 aromatic carbocycles. The van der Waals surface area contributed by atoms with Crippen LogP contribution in [0.3, 0.4) is 0 Å². The van der Waals surface area contributed by atoms with Crippen LogP contribution in [-0.4, -0.2) is 26.7 Å². The first-order valence-corrected chi connectivity index (χ1v) is 9.79. The second-order valence-electron chi connectivity index (χ2n) is 6.60. The minimum Gasteiger partial charge on any atom is -0.494 e. The van der Waals surface area contributed by atoms with Gasteiger partial charge in [-0.05, 0) is 61.5 Å². The van der Waals surface area contributed by atoms with Gasteiger partial charge in [0.2, 0.25) is 5.91 Å². The van der Waals surface area contributed by atoms with Crippen LogP contribution in [0.4, 0.5) is 5.69 Å². The number of ether oxygens (including phenoxy) is 1. The quantitative estimate of drug-likeness (QED) is 0.512. The van der Waals surface area contributed by atoms with Crippen LogP contribution in [0.2, 0.25) is 5.02 Å². The molecule has 1 amide bonds. The first-order chi connectivity index (χ1) is 14.5. The largest absolute Gasteiger partial charge is 0.494 e. The molecular formula is C22H19ClN4O3. The maximum absolute atomic E-state index is 12.8. The summed E-state index contributed by atoms with van der Waals surface area (Å²) in [5.74, 6) is 0.467. The Kier molecular flexibility index (Phi) is 5.54. The minimum absolute atomic E-state index is 0.110. The zero-order valence-corrected chi connectivity index (χ0v) is 17.0. The summed E-state index contributed by atoms with van der Waals surface area (Å²) in [5, 5.41) is 7.80. The van der Waals surface area contributed by atoms with E-state index in [4.69, 9.17) is 16.3 Å². The van der Waals surface area contributed by atoms with Crippen molar-refractivity contribution in [3.8, 4) is 17.0 Å². The van der Waals surface area contributed by atoms with Gasteiger partial charge in [0, 0.05) is 28.7 Å². The standard InChI is InChI=1S/C22H19ClN4O3/c1-2-30-18-9-3-15(4-10-18)19-13-20-22(29)26(11-12-27(20)25-19)14-21(28)24-17-7-5-16(23)6-8-17/h3-13H,2,14H2,1H3,(H,24,28). The number of anilines is 1. The Hall–Kier alpha value is -3.58. The van der Waals surface area contributed by atoms with E-state index in [0.717, 1.165) is 11.3 Å². The van der Waals surface area contributed by atoms with Gasteiger partial charge in [0.05, 0.1) is 12.3 Å². The van der Waals surface area contributed by atoms with Crippen molar-refractivity contribution < 1.29 is 9.53 Å². The number of carbonyl (C=O) groups excluding carboxylic acids is 1. The fourth-order valence-corrected chi connectivity index (χ4v) is 3.19. The van der Waals surface area contributed by atoms with E-state index in [0.29, 0.717) is 28.5 Å². The van der Waals surface area contributed by atoms with Crippen molar-refractivity contribution in [1.82, 2.24) is 14.2 Å². The van der Waals surface area contributed by atoms with E-state index in [1.54, 1.807) is 42.7 Å². The monoisotopic (exact) mass is 422 g/mol. The van der Waals surface area contributed by atoms with Gasteiger partial charge >= 0.3 is 0 Å². The normalized spacial score (nSPS) is 10.9. The van der Waals surface area contributed by atoms with Crippen molar-refractivity contribution in [2.75, 3.05) is 11.9 Å². The molecule has 1 N–H and O–H groups in total. The SMILES string of the molecule is CCOc1ccc(-c2cc3c(=O)n(CC(=O)Nc4ccc(Cl)cc4)ccn3n2)cc1. The van der Waals surface area contributed by atoms with E-state index in [1.807, 2.05) is 31.2 Å². The number of benzene rings is 2. The molecule has 4 rings (SSSR count). The van der Waals surface area contributed by atoms with Crippen LogP contribution >= 0.6 is 11.6 Å². The summed E-state index contributed by atoms with van der Waals surface area (Å²) in [7, 11) is 0. The Morgan fingerprint density at radius 1 is 1.10 bits per heavy atom. The Morgan fingerprint density at radius 2 is 1.83 bits per heavy atom. The third-order valence-corrected chi connectivity index (χ3v) is 4.76. The molecule has 0 aliphatic carbocycles. The predicted molar refractivity (Wildman–Crippen MR) is 116 cm³/mol. The van der Waals surface area contributed by atoms with Crippen LogP contribution in [-0.2, 0) is 11.3 Å². The second kappa shape index (κ2) is 8.42. The molecule has 0 radical (unpaired) electrons. The molecule has 0 bridgehead atoms. The molecule has 2 aromatic heterocycles. The second-order valence-corrected chi connectivity index (χ2v) is 7.04. The topological polar surface area (TPSA) is 77.6 Å². The Bertz CT molecular complexity index is 1240. The lowest BCUT2D eigenvalue weighted by atomic mass is 10.1. The van der Waals surface area contributed by atoms with Crippen molar-refractivity contribution in [1.29, 1.82) is 0 Å². The van der Waals surface area contributed by atoms with Gasteiger partial charge in [-0.25, -0.2) is 4.52 Å². The van der Waals surface area contributed by atoms with Gasteiger partial charge in [0.1, 0.15) is 17.8 Å². The van der Waals surface area contributed by atoms with Crippen molar-refractivity contribution in [2.24, 2.45) is 0 Å². The van der Waals surface area contributed by atoms with E-state index < -0.39 is 0 Å². The zero-order valence-electron chi connectivity index (χ0n) is 16.2. The van der Waals surface area contributed by atoms with E-state index in [-0.39, 0.29) is 18.0 Å². The van der Waals surface area contributed by atoms with Gasteiger partial charge in [-0.15, -0.1) is 0 Å². The van der Waals surface area contributed by atoms with E-state index in [2.05, 4.69) is 10.4 Å². The van der Waals surface area contributed by atoms with Crippen LogP contribution in [0.5, 0.6) is 5.75 Å². The number of rotatable bonds is 6. The van der Waals surface area contributed by atoms with Crippen LogP contribution in [0, 0.1) is 0 Å². The molecule has 0 saturated carbocycles. The first-order valence-electron chi connectivity index (χ1n) is 9.41. The van der Waals surface area contributed by atoms with Gasteiger partial charge in [0.15, 0.2) is 0 Å². The van der Waals surface area contributed by atoms with Gasteiger partial charge in [-0.3, -0.25) is 9.59 Å². The number of nitrogens with zero attached hydrogens (tertiary/aromatic N) is 3. The highest BCUT2D eigenvalue weighted by molar-refractivity contribution is 6.30. The lowest BCUT2D eigenvalue weighted by molar-refractivity contribution is -0.116. The highest BCUT2D eigenvalue weighted by Crippen LogP contribution is 2.22. The highest BCUT2D eigenvalue weighted by atomic mass is 35.5. The number of hydrogen-bond acceptors (Lipinski definition) is 4. The van der Waals surface area contributed by atoms with E-state index in [1.165, 1.54) is 9.08 Å². The van der Waals surface area contributed by atoms with Crippen LogP contribution in [0.1, 0.15) is 6.92 Å². The molecule has 2 heterocycles. The Balaban J connectivity index is 1.55. The summed E-state index contributed by atoms with van der Waals surface area (Å²) in [6.45, 7) is 2.41. The maximum atomic E-state index is 12.8. The third-order valence-electron chi connectivity index (χ3n) is 4.51. The van der Waals surface area contributed by atoms with E-state index in [9.17, 15) is 9.59 Å². The zero-order chi connectivity index (χ0) is 21.1. The molecule has 30 heavy (non-hydrogen) atoms. The molecule has 0 aliphatic heterocycles. The van der Waals surface area contributed by atoms with Crippen LogP contribution in [0.25, 0.3) is 16.8 Å². The molecule has 0 fully saturated rings. The summed E-state index contributed by atoms with van der Waals surface area (Å²) in [6.07, 6.45) is 3.20. The van der Waals surface area contributed by atoms with Crippen molar-refractivity contribution in [2.45, 2.75) is 13.5 Å².